The number of aromatic nitrogens is 3. The van der Waals surface area contributed by atoms with Crippen LogP contribution in [-0.2, 0) is 4.74 Å². The Kier molecular flexibility index (Phi) is 2.59. The number of nitrogens with zero attached hydrogens (tertiary/aromatic N) is 2. The van der Waals surface area contributed by atoms with Crippen LogP contribution in [0.15, 0.2) is 36.5 Å². The lowest BCUT2D eigenvalue weighted by Gasteiger charge is -2.53. The molecule has 3 aromatic rings. The van der Waals surface area contributed by atoms with Gasteiger partial charge in [-0.2, -0.15) is 0 Å². The molecule has 2 aliphatic rings. The Morgan fingerprint density at radius 3 is 2.74 bits per heavy atom. The second kappa shape index (κ2) is 4.55. The molecular formula is C18H17N3O2. The fourth-order valence-corrected chi connectivity index (χ4v) is 3.93. The summed E-state index contributed by atoms with van der Waals surface area (Å²) in [6.45, 7) is 1.82. The second-order valence-electron chi connectivity index (χ2n) is 6.85. The molecule has 1 aromatic carbocycles. The molecular weight excluding hydrogens is 290 g/mol. The topological polar surface area (TPSA) is 71.0 Å². The molecule has 1 spiro atoms. The van der Waals surface area contributed by atoms with E-state index in [9.17, 15) is 5.11 Å². The van der Waals surface area contributed by atoms with Crippen molar-refractivity contribution in [2.45, 2.75) is 18.8 Å². The van der Waals surface area contributed by atoms with E-state index in [1.807, 2.05) is 18.2 Å². The molecule has 0 radical (unpaired) electrons. The fraction of sp³-hybridized carbons (Fsp3) is 0.333. The van der Waals surface area contributed by atoms with Gasteiger partial charge in [-0.25, -0.2) is 0 Å². The second-order valence-corrected chi connectivity index (χ2v) is 6.85. The van der Waals surface area contributed by atoms with Crippen molar-refractivity contribution in [1.29, 1.82) is 0 Å². The third-order valence-electron chi connectivity index (χ3n) is 5.26. The standard InChI is InChI=1S/C18H17N3O2/c22-16-4-2-1-3-12(16)15-5-13-14(8-19-17(13)21-20-15)11-6-18(7-11)9-23-10-18/h1-5,8,11,22H,6-7,9-10H2,(H,19,21). The number of nitrogens with one attached hydrogen (secondary N) is 1. The van der Waals surface area contributed by atoms with E-state index in [4.69, 9.17) is 4.74 Å². The summed E-state index contributed by atoms with van der Waals surface area (Å²) in [4.78, 5) is 3.23. The number of phenols is 1. The van der Waals surface area contributed by atoms with Gasteiger partial charge in [0.2, 0.25) is 0 Å². The molecule has 0 unspecified atom stereocenters. The monoisotopic (exact) mass is 307 g/mol. The number of H-pyrrole nitrogens is 1. The van der Waals surface area contributed by atoms with Gasteiger partial charge in [0.1, 0.15) is 5.75 Å². The van der Waals surface area contributed by atoms with Gasteiger partial charge in [0.25, 0.3) is 0 Å². The van der Waals surface area contributed by atoms with Gasteiger partial charge in [-0.3, -0.25) is 0 Å². The van der Waals surface area contributed by atoms with Crippen LogP contribution in [0.4, 0.5) is 0 Å². The number of para-hydroxylation sites is 1. The Morgan fingerprint density at radius 1 is 1.17 bits per heavy atom. The van der Waals surface area contributed by atoms with Crippen LogP contribution in [0, 0.1) is 5.41 Å². The summed E-state index contributed by atoms with van der Waals surface area (Å²) >= 11 is 0. The molecule has 0 amide bonds. The van der Waals surface area contributed by atoms with Crippen molar-refractivity contribution in [2.24, 2.45) is 5.41 Å². The summed E-state index contributed by atoms with van der Waals surface area (Å²) in [5.74, 6) is 0.793. The van der Waals surface area contributed by atoms with Crippen molar-refractivity contribution in [3.63, 3.8) is 0 Å². The predicted molar refractivity (Wildman–Crippen MR) is 86.2 cm³/mol. The molecule has 3 heterocycles. The minimum atomic E-state index is 0.229. The van der Waals surface area contributed by atoms with Crippen LogP contribution in [-0.4, -0.2) is 33.5 Å². The van der Waals surface area contributed by atoms with Crippen molar-refractivity contribution in [3.8, 4) is 17.0 Å². The van der Waals surface area contributed by atoms with E-state index in [0.717, 1.165) is 24.2 Å². The molecule has 5 rings (SSSR count). The molecule has 5 nitrogen and oxygen atoms in total. The molecule has 1 aliphatic carbocycles. The summed E-state index contributed by atoms with van der Waals surface area (Å²) < 4.78 is 5.37. The molecule has 0 bridgehead atoms. The van der Waals surface area contributed by atoms with E-state index in [-0.39, 0.29) is 5.75 Å². The maximum Gasteiger partial charge on any atom is 0.160 e. The number of fused-ring (bicyclic) bond motifs is 1. The van der Waals surface area contributed by atoms with Crippen molar-refractivity contribution < 1.29 is 9.84 Å². The highest BCUT2D eigenvalue weighted by atomic mass is 16.5. The van der Waals surface area contributed by atoms with Crippen LogP contribution >= 0.6 is 0 Å². The normalized spacial score (nSPS) is 19.7. The maximum atomic E-state index is 10.0. The van der Waals surface area contributed by atoms with Crippen LogP contribution in [0.2, 0.25) is 0 Å². The molecule has 1 saturated heterocycles. The first-order chi connectivity index (χ1) is 11.2. The van der Waals surface area contributed by atoms with Gasteiger partial charge in [0.05, 0.1) is 18.9 Å². The first kappa shape index (κ1) is 13.1. The van der Waals surface area contributed by atoms with Crippen molar-refractivity contribution in [1.82, 2.24) is 15.2 Å². The molecule has 2 N–H and O–H groups in total. The number of aromatic amines is 1. The molecule has 1 saturated carbocycles. The molecule has 2 fully saturated rings. The highest BCUT2D eigenvalue weighted by Crippen LogP contribution is 2.56. The van der Waals surface area contributed by atoms with Gasteiger partial charge in [-0.1, -0.05) is 12.1 Å². The zero-order valence-electron chi connectivity index (χ0n) is 12.6. The molecule has 0 atom stereocenters. The van der Waals surface area contributed by atoms with E-state index in [2.05, 4.69) is 21.4 Å². The lowest BCUT2D eigenvalue weighted by atomic mass is 9.59. The summed E-state index contributed by atoms with van der Waals surface area (Å²) in [5, 5.41) is 19.7. The van der Waals surface area contributed by atoms with Gasteiger partial charge in [0.15, 0.2) is 5.65 Å². The van der Waals surface area contributed by atoms with Crippen LogP contribution in [0.3, 0.4) is 0 Å². The molecule has 23 heavy (non-hydrogen) atoms. The van der Waals surface area contributed by atoms with Gasteiger partial charge < -0.3 is 14.8 Å². The molecule has 5 heteroatoms. The Hall–Kier alpha value is -2.40. The highest BCUT2D eigenvalue weighted by molar-refractivity contribution is 5.84. The average Bonchev–Trinajstić information content (AvgIpc) is 2.88. The van der Waals surface area contributed by atoms with E-state index in [1.165, 1.54) is 18.4 Å². The smallest absolute Gasteiger partial charge is 0.160 e. The molecule has 1 aliphatic heterocycles. The number of hydrogen-bond acceptors (Lipinski definition) is 4. The number of phenolic OH excluding ortho intramolecular Hbond substituents is 1. The highest BCUT2D eigenvalue weighted by Gasteiger charge is 2.50. The van der Waals surface area contributed by atoms with Crippen LogP contribution in [0.1, 0.15) is 24.3 Å². The van der Waals surface area contributed by atoms with Crippen molar-refractivity contribution in [3.05, 3.63) is 42.1 Å². The van der Waals surface area contributed by atoms with Crippen LogP contribution < -0.4 is 0 Å². The third kappa shape index (κ3) is 1.90. The summed E-state index contributed by atoms with van der Waals surface area (Å²) in [6, 6.07) is 9.27. The number of rotatable bonds is 2. The number of aromatic hydroxyl groups is 1. The van der Waals surface area contributed by atoms with E-state index in [0.29, 0.717) is 22.6 Å². The minimum absolute atomic E-state index is 0.229. The zero-order chi connectivity index (χ0) is 15.4. The first-order valence-electron chi connectivity index (χ1n) is 7.95. The Morgan fingerprint density at radius 2 is 2.00 bits per heavy atom. The Bertz CT molecular complexity index is 890. The predicted octanol–water partition coefficient (Wildman–Crippen LogP) is 3.22. The SMILES string of the molecule is Oc1ccccc1-c1cc2c(C3CC4(COC4)C3)c[nH]c2nn1. The minimum Gasteiger partial charge on any atom is -0.507 e. The Balaban J connectivity index is 1.55. The van der Waals surface area contributed by atoms with Gasteiger partial charge >= 0.3 is 0 Å². The fourth-order valence-electron chi connectivity index (χ4n) is 3.93. The van der Waals surface area contributed by atoms with Gasteiger partial charge in [-0.15, -0.1) is 10.2 Å². The van der Waals surface area contributed by atoms with E-state index < -0.39 is 0 Å². The third-order valence-corrected chi connectivity index (χ3v) is 5.26. The Labute approximate surface area is 133 Å². The summed E-state index contributed by atoms with van der Waals surface area (Å²) in [6.07, 6.45) is 4.44. The quantitative estimate of drug-likeness (QED) is 0.762. The first-order valence-corrected chi connectivity index (χ1v) is 7.95. The number of hydrogen-bond donors (Lipinski definition) is 2. The zero-order valence-corrected chi connectivity index (χ0v) is 12.6. The summed E-state index contributed by atoms with van der Waals surface area (Å²) in [7, 11) is 0. The average molecular weight is 307 g/mol. The maximum absolute atomic E-state index is 10.0. The van der Waals surface area contributed by atoms with Crippen molar-refractivity contribution >= 4 is 11.0 Å². The molecule has 2 aromatic heterocycles. The lowest BCUT2D eigenvalue weighted by molar-refractivity contribution is -0.164. The number of benzene rings is 1. The van der Waals surface area contributed by atoms with Crippen LogP contribution in [0.5, 0.6) is 5.75 Å². The van der Waals surface area contributed by atoms with Gasteiger partial charge in [0, 0.05) is 22.6 Å². The largest absolute Gasteiger partial charge is 0.507 e. The van der Waals surface area contributed by atoms with E-state index >= 15 is 0 Å². The number of ether oxygens (including phenoxy) is 1. The lowest BCUT2D eigenvalue weighted by Crippen LogP contribution is -2.51. The van der Waals surface area contributed by atoms with Crippen molar-refractivity contribution in [2.75, 3.05) is 13.2 Å². The van der Waals surface area contributed by atoms with E-state index in [1.54, 1.807) is 12.1 Å². The summed E-state index contributed by atoms with van der Waals surface area (Å²) in [5.41, 5.74) is 3.98. The van der Waals surface area contributed by atoms with Crippen LogP contribution in [0.25, 0.3) is 22.3 Å². The molecule has 116 valence electrons. The van der Waals surface area contributed by atoms with Gasteiger partial charge in [-0.05, 0) is 42.5 Å².